The first-order valence-electron chi connectivity index (χ1n) is 9.22. The largest absolute Gasteiger partial charge is 0.341 e. The Bertz CT molecular complexity index is 1380. The van der Waals surface area contributed by atoms with E-state index in [2.05, 4.69) is 24.9 Å². The van der Waals surface area contributed by atoms with Crippen molar-refractivity contribution >= 4 is 33.8 Å². The molecule has 0 aliphatic heterocycles. The minimum atomic E-state index is -0.639. The van der Waals surface area contributed by atoms with Crippen LogP contribution in [0.4, 0.5) is 8.78 Å². The number of H-pyrrole nitrogens is 1. The van der Waals surface area contributed by atoms with Gasteiger partial charge in [-0.2, -0.15) is 0 Å². The van der Waals surface area contributed by atoms with Gasteiger partial charge in [0.1, 0.15) is 28.5 Å². The Labute approximate surface area is 174 Å². The van der Waals surface area contributed by atoms with Crippen molar-refractivity contribution in [2.24, 2.45) is 0 Å². The Kier molecular flexibility index (Phi) is 4.63. The van der Waals surface area contributed by atoms with Gasteiger partial charge in [0.25, 0.3) is 0 Å². The van der Waals surface area contributed by atoms with Crippen LogP contribution in [-0.2, 0) is 5.75 Å². The summed E-state index contributed by atoms with van der Waals surface area (Å²) in [6.07, 6.45) is 3.01. The fourth-order valence-electron chi connectivity index (χ4n) is 3.44. The minimum Gasteiger partial charge on any atom is -0.341 e. The second-order valence-corrected chi connectivity index (χ2v) is 7.77. The van der Waals surface area contributed by atoms with Crippen LogP contribution in [0.15, 0.2) is 60.1 Å². The molecule has 3 aromatic heterocycles. The van der Waals surface area contributed by atoms with Gasteiger partial charge in [0, 0.05) is 11.1 Å². The number of nitrogens with zero attached hydrogens (tertiary/aromatic N) is 4. The van der Waals surface area contributed by atoms with Crippen LogP contribution in [0.25, 0.3) is 33.3 Å². The van der Waals surface area contributed by atoms with E-state index in [9.17, 15) is 8.78 Å². The summed E-state index contributed by atoms with van der Waals surface area (Å²) in [6.45, 7) is 1.93. The van der Waals surface area contributed by atoms with E-state index in [1.165, 1.54) is 36.3 Å². The number of hydrogen-bond acceptors (Lipinski definition) is 5. The number of thioether (sulfide) groups is 1. The van der Waals surface area contributed by atoms with E-state index in [-0.39, 0.29) is 5.56 Å². The maximum Gasteiger partial charge on any atom is 0.181 e. The van der Waals surface area contributed by atoms with Crippen molar-refractivity contribution in [2.75, 3.05) is 0 Å². The molecular weight excluding hydrogens is 404 g/mol. The molecule has 0 atom stereocenters. The number of pyridine rings is 1. The topological polar surface area (TPSA) is 67.3 Å². The standard InChI is InChI=1S/C22H15F2N5S/c1-12-4-2-5-13-8-14(9-30-22-20-21(26-10-25-20)27-11-28-22)19(29-18(12)13)17-15(23)6-3-7-16(17)24/h2-8,10-11H,9H2,1H3,(H,25,26,27,28). The fourth-order valence-corrected chi connectivity index (χ4v) is 4.37. The molecule has 2 aromatic carbocycles. The van der Waals surface area contributed by atoms with Crippen LogP contribution in [0.3, 0.4) is 0 Å². The van der Waals surface area contributed by atoms with E-state index in [1.54, 1.807) is 6.33 Å². The predicted octanol–water partition coefficient (Wildman–Crippen LogP) is 5.45. The first-order valence-corrected chi connectivity index (χ1v) is 10.2. The lowest BCUT2D eigenvalue weighted by Gasteiger charge is -2.13. The molecule has 3 heterocycles. The Morgan fingerprint density at radius 2 is 1.80 bits per heavy atom. The van der Waals surface area contributed by atoms with Crippen molar-refractivity contribution in [3.63, 3.8) is 0 Å². The highest BCUT2D eigenvalue weighted by molar-refractivity contribution is 7.98. The molecule has 0 bridgehead atoms. The Morgan fingerprint density at radius 1 is 1.00 bits per heavy atom. The molecule has 5 aromatic rings. The maximum atomic E-state index is 14.6. The zero-order valence-corrected chi connectivity index (χ0v) is 16.7. The zero-order valence-electron chi connectivity index (χ0n) is 15.9. The molecule has 1 N–H and O–H groups in total. The van der Waals surface area contributed by atoms with E-state index < -0.39 is 11.6 Å². The molecular formula is C22H15F2N5S. The molecule has 0 aliphatic carbocycles. The molecule has 0 aliphatic rings. The van der Waals surface area contributed by atoms with Gasteiger partial charge < -0.3 is 4.98 Å². The number of hydrogen-bond donors (Lipinski definition) is 1. The lowest BCUT2D eigenvalue weighted by Crippen LogP contribution is -1.99. The van der Waals surface area contributed by atoms with Gasteiger partial charge in [-0.1, -0.05) is 36.0 Å². The normalized spacial score (nSPS) is 11.4. The number of imidazole rings is 1. The smallest absolute Gasteiger partial charge is 0.181 e. The number of halogens is 2. The SMILES string of the molecule is Cc1cccc2cc(CSc3ncnc4nc[nH]c34)c(-c3c(F)cccc3F)nc12. The van der Waals surface area contributed by atoms with Crippen LogP contribution in [0.5, 0.6) is 0 Å². The number of para-hydroxylation sites is 1. The van der Waals surface area contributed by atoms with E-state index >= 15 is 0 Å². The lowest BCUT2D eigenvalue weighted by atomic mass is 10.0. The van der Waals surface area contributed by atoms with Crippen molar-refractivity contribution in [1.82, 2.24) is 24.9 Å². The van der Waals surface area contributed by atoms with Crippen LogP contribution in [0.1, 0.15) is 11.1 Å². The molecule has 5 rings (SSSR count). The summed E-state index contributed by atoms with van der Waals surface area (Å²) in [4.78, 5) is 20.3. The fraction of sp³-hybridized carbons (Fsp3) is 0.0909. The zero-order chi connectivity index (χ0) is 20.7. The molecule has 0 saturated carbocycles. The maximum absolute atomic E-state index is 14.6. The van der Waals surface area contributed by atoms with Crippen LogP contribution in [0.2, 0.25) is 0 Å². The summed E-state index contributed by atoms with van der Waals surface area (Å²) < 4.78 is 29.3. The van der Waals surface area contributed by atoms with Crippen molar-refractivity contribution in [3.8, 4) is 11.3 Å². The number of nitrogens with one attached hydrogen (secondary N) is 1. The highest BCUT2D eigenvalue weighted by Gasteiger charge is 2.19. The number of aryl methyl sites for hydroxylation is 1. The second-order valence-electron chi connectivity index (χ2n) is 6.81. The Morgan fingerprint density at radius 3 is 2.63 bits per heavy atom. The van der Waals surface area contributed by atoms with Gasteiger partial charge in [-0.05, 0) is 36.2 Å². The first-order chi connectivity index (χ1) is 14.6. The van der Waals surface area contributed by atoms with Gasteiger partial charge in [0.2, 0.25) is 0 Å². The van der Waals surface area contributed by atoms with Crippen LogP contribution in [0, 0.1) is 18.6 Å². The van der Waals surface area contributed by atoms with Crippen molar-refractivity contribution in [1.29, 1.82) is 0 Å². The van der Waals surface area contributed by atoms with Crippen molar-refractivity contribution < 1.29 is 8.78 Å². The average Bonchev–Trinajstić information content (AvgIpc) is 3.22. The monoisotopic (exact) mass is 419 g/mol. The Balaban J connectivity index is 1.65. The molecule has 0 amide bonds. The van der Waals surface area contributed by atoms with E-state index in [1.807, 2.05) is 31.2 Å². The summed E-state index contributed by atoms with van der Waals surface area (Å²) in [5.41, 5.74) is 3.86. The van der Waals surface area contributed by atoms with Crippen molar-refractivity contribution in [2.45, 2.75) is 17.7 Å². The van der Waals surface area contributed by atoms with Crippen LogP contribution in [-0.4, -0.2) is 24.9 Å². The predicted molar refractivity (Wildman–Crippen MR) is 113 cm³/mol. The summed E-state index contributed by atoms with van der Waals surface area (Å²) >= 11 is 1.43. The third-order valence-corrected chi connectivity index (χ3v) is 5.92. The highest BCUT2D eigenvalue weighted by atomic mass is 32.2. The van der Waals surface area contributed by atoms with E-state index in [4.69, 9.17) is 0 Å². The lowest BCUT2D eigenvalue weighted by molar-refractivity contribution is 0.588. The molecule has 30 heavy (non-hydrogen) atoms. The third kappa shape index (κ3) is 3.19. The average molecular weight is 419 g/mol. The summed E-state index contributed by atoms with van der Waals surface area (Å²) in [5.74, 6) is -0.857. The van der Waals surface area contributed by atoms with Gasteiger partial charge >= 0.3 is 0 Å². The van der Waals surface area contributed by atoms with E-state index in [0.29, 0.717) is 27.7 Å². The molecule has 0 radical (unpaired) electrons. The van der Waals surface area contributed by atoms with Gasteiger partial charge in [-0.3, -0.25) is 0 Å². The number of aromatic nitrogens is 5. The van der Waals surface area contributed by atoms with Crippen LogP contribution >= 0.6 is 11.8 Å². The molecule has 8 heteroatoms. The molecule has 0 unspecified atom stereocenters. The molecule has 0 saturated heterocycles. The number of aromatic amines is 1. The number of rotatable bonds is 4. The van der Waals surface area contributed by atoms with Crippen molar-refractivity contribution in [3.05, 3.63) is 77.9 Å². The second kappa shape index (κ2) is 7.46. The summed E-state index contributed by atoms with van der Waals surface area (Å²) in [7, 11) is 0. The molecule has 0 fully saturated rings. The summed E-state index contributed by atoms with van der Waals surface area (Å²) in [5, 5.41) is 1.63. The van der Waals surface area contributed by atoms with Gasteiger partial charge in [0.15, 0.2) is 5.65 Å². The quantitative estimate of drug-likeness (QED) is 0.310. The number of fused-ring (bicyclic) bond motifs is 2. The first kappa shape index (κ1) is 18.6. The summed E-state index contributed by atoms with van der Waals surface area (Å²) in [6, 6.07) is 11.6. The molecule has 148 valence electrons. The molecule has 5 nitrogen and oxygen atoms in total. The highest BCUT2D eigenvalue weighted by Crippen LogP contribution is 2.35. The van der Waals surface area contributed by atoms with Gasteiger partial charge in [0.05, 0.1) is 23.1 Å². The van der Waals surface area contributed by atoms with Gasteiger partial charge in [-0.25, -0.2) is 28.7 Å². The number of benzene rings is 2. The molecule has 0 spiro atoms. The minimum absolute atomic E-state index is 0.118. The van der Waals surface area contributed by atoms with Crippen LogP contribution < -0.4 is 0 Å². The van der Waals surface area contributed by atoms with Gasteiger partial charge in [-0.15, -0.1) is 0 Å². The Hall–Kier alpha value is -3.39. The third-order valence-electron chi connectivity index (χ3n) is 4.88. The van der Waals surface area contributed by atoms with E-state index in [0.717, 1.165) is 22.0 Å².